The number of anilines is 1. The van der Waals surface area contributed by atoms with Gasteiger partial charge in [0, 0.05) is 56.5 Å². The van der Waals surface area contributed by atoms with Gasteiger partial charge >= 0.3 is 6.01 Å². The number of carbonyl (C=O) groups is 1. The number of rotatable bonds is 5. The van der Waals surface area contributed by atoms with Crippen molar-refractivity contribution in [2.24, 2.45) is 0 Å². The topological polar surface area (TPSA) is 88.8 Å². The van der Waals surface area contributed by atoms with Crippen molar-refractivity contribution in [3.63, 3.8) is 0 Å². The zero-order valence-electron chi connectivity index (χ0n) is 29.1. The Balaban J connectivity index is 0.000000427. The Bertz CT molecular complexity index is 1410. The number of aryl methyl sites for hydroxylation is 2. The Hall–Kier alpha value is -3.62. The molecule has 1 amide bonds. The summed E-state index contributed by atoms with van der Waals surface area (Å²) in [4.78, 5) is 29.9. The Labute approximate surface area is 285 Å². The van der Waals surface area contributed by atoms with Crippen LogP contribution in [0.5, 0.6) is 6.01 Å². The Morgan fingerprint density at radius 1 is 1.06 bits per heavy atom. The predicted octanol–water partition coefficient (Wildman–Crippen LogP) is 5.75. The van der Waals surface area contributed by atoms with Gasteiger partial charge < -0.3 is 24.3 Å². The highest BCUT2D eigenvalue weighted by Crippen LogP contribution is 2.37. The lowest BCUT2D eigenvalue weighted by Gasteiger charge is -2.39. The lowest BCUT2D eigenvalue weighted by atomic mass is 9.88. The van der Waals surface area contributed by atoms with Gasteiger partial charge in [0.15, 0.2) is 5.83 Å². The number of hydrogen-bond acceptors (Lipinski definition) is 9. The van der Waals surface area contributed by atoms with Crippen LogP contribution in [0.3, 0.4) is 0 Å². The lowest BCUT2D eigenvalue weighted by molar-refractivity contribution is -0.128. The maximum atomic E-state index is 13.3. The average Bonchev–Trinajstić information content (AvgIpc) is 3.58. The molecule has 4 aliphatic rings. The maximum Gasteiger partial charge on any atom is 0.318 e. The first-order valence-electron chi connectivity index (χ1n) is 16.5. The van der Waals surface area contributed by atoms with E-state index >= 15 is 0 Å². The van der Waals surface area contributed by atoms with Gasteiger partial charge in [-0.1, -0.05) is 37.8 Å². The Morgan fingerprint density at radius 2 is 1.72 bits per heavy atom. The average molecular weight is 666 g/mol. The molecular weight excluding hydrogens is 614 g/mol. The van der Waals surface area contributed by atoms with Gasteiger partial charge in [-0.05, 0) is 82.3 Å². The van der Waals surface area contributed by atoms with E-state index in [4.69, 9.17) is 20.0 Å². The molecule has 0 saturated carbocycles. The smallest absolute Gasteiger partial charge is 0.318 e. The van der Waals surface area contributed by atoms with Crippen molar-refractivity contribution in [2.45, 2.75) is 58.9 Å². The van der Waals surface area contributed by atoms with Crippen LogP contribution in [0.25, 0.3) is 5.70 Å². The van der Waals surface area contributed by atoms with Crippen LogP contribution in [0.15, 0.2) is 36.7 Å². The van der Waals surface area contributed by atoms with Gasteiger partial charge in [0.2, 0.25) is 0 Å². The normalized spacial score (nSPS) is 16.8. The zero-order chi connectivity index (χ0) is 34.3. The quantitative estimate of drug-likeness (QED) is 0.371. The molecule has 256 valence electrons. The monoisotopic (exact) mass is 665 g/mol. The second-order valence-electron chi connectivity index (χ2n) is 11.9. The zero-order valence-corrected chi connectivity index (χ0v) is 30.0. The molecule has 0 spiro atoms. The number of nitrogens with zero attached hydrogens (tertiary/aromatic N) is 7. The summed E-state index contributed by atoms with van der Waals surface area (Å²) in [6.45, 7) is 13.0. The van der Waals surface area contributed by atoms with Gasteiger partial charge in [-0.3, -0.25) is 4.79 Å². The number of methoxy groups -OCH3 is 1. The molecule has 2 saturated heterocycles. The van der Waals surface area contributed by atoms with Gasteiger partial charge in [-0.2, -0.15) is 27.0 Å². The van der Waals surface area contributed by atoms with Crippen molar-refractivity contribution in [1.29, 1.82) is 5.26 Å². The van der Waals surface area contributed by atoms with Crippen molar-refractivity contribution in [2.75, 3.05) is 77.4 Å². The van der Waals surface area contributed by atoms with Crippen LogP contribution < -0.4 is 9.64 Å². The number of allylic oxidation sites excluding steroid dienone is 1. The fourth-order valence-electron chi connectivity index (χ4n) is 6.35. The SMILES string of the molecule is C=C(F)C(=O)N1CCN(c2nc(OC)nc3c2CCN(C2=CCCc4cccc(CC)c42)C3)CC1.CC#N.CN1CCCC1.CSC. The van der Waals surface area contributed by atoms with E-state index in [0.717, 1.165) is 49.3 Å². The summed E-state index contributed by atoms with van der Waals surface area (Å²) in [5.74, 6) is -0.676. The second kappa shape index (κ2) is 19.3. The number of nitriles is 1. The molecule has 1 aromatic carbocycles. The van der Waals surface area contributed by atoms with Gasteiger partial charge in [0.25, 0.3) is 5.91 Å². The number of carbonyl (C=O) groups excluding carboxylic acids is 1. The summed E-state index contributed by atoms with van der Waals surface area (Å²) in [7, 11) is 3.76. The molecule has 2 aromatic rings. The Morgan fingerprint density at radius 3 is 2.28 bits per heavy atom. The molecule has 2 fully saturated rings. The standard InChI is InChI=1S/C27H32FN5O2.C5H11N.C2H3N.C2H6S/c1-4-19-7-5-8-20-9-6-10-23(24(19)20)33-12-11-21-22(17-33)29-27(35-3)30-25(21)31-13-15-32(16-14-31)26(34)18(2)28;1-6-4-2-3-5-6;1-2-3;1-3-2/h5,7-8,10H,2,4,6,9,11-17H2,1,3H3;2-5H2,1H3;1H3;1-2H3. The first kappa shape index (κ1) is 37.8. The first-order chi connectivity index (χ1) is 22.7. The minimum atomic E-state index is -0.913. The minimum absolute atomic E-state index is 0.350. The van der Waals surface area contributed by atoms with Crippen LogP contribution in [0.4, 0.5) is 10.2 Å². The highest BCUT2D eigenvalue weighted by atomic mass is 32.2. The second-order valence-corrected chi connectivity index (χ2v) is 12.7. The van der Waals surface area contributed by atoms with Crippen LogP contribution >= 0.6 is 11.8 Å². The fourth-order valence-corrected chi connectivity index (χ4v) is 6.35. The number of halogens is 1. The number of fused-ring (bicyclic) bond motifs is 2. The van der Waals surface area contributed by atoms with E-state index in [0.29, 0.717) is 38.7 Å². The van der Waals surface area contributed by atoms with Crippen molar-refractivity contribution >= 4 is 29.2 Å². The van der Waals surface area contributed by atoms with E-state index in [9.17, 15) is 9.18 Å². The summed E-state index contributed by atoms with van der Waals surface area (Å²) in [5, 5.41) is 7.32. The fraction of sp³-hybridized carbons (Fsp3) is 0.556. The molecule has 0 N–H and O–H groups in total. The molecule has 3 aliphatic heterocycles. The molecule has 0 radical (unpaired) electrons. The highest BCUT2D eigenvalue weighted by molar-refractivity contribution is 7.97. The van der Waals surface area contributed by atoms with Crippen molar-refractivity contribution < 1.29 is 13.9 Å². The molecule has 0 bridgehead atoms. The van der Waals surface area contributed by atoms with E-state index in [-0.39, 0.29) is 0 Å². The third-order valence-corrected chi connectivity index (χ3v) is 8.60. The molecular formula is C36H52FN7O2S. The largest absolute Gasteiger partial charge is 0.467 e. The van der Waals surface area contributed by atoms with Crippen LogP contribution in [0, 0.1) is 11.3 Å². The minimum Gasteiger partial charge on any atom is -0.467 e. The number of ether oxygens (including phenoxy) is 1. The van der Waals surface area contributed by atoms with Gasteiger partial charge in [-0.25, -0.2) is 4.39 Å². The van der Waals surface area contributed by atoms with Crippen LogP contribution in [-0.2, 0) is 30.6 Å². The number of aromatic nitrogens is 2. The van der Waals surface area contributed by atoms with E-state index < -0.39 is 11.7 Å². The molecule has 6 rings (SSSR count). The first-order valence-corrected chi connectivity index (χ1v) is 18.1. The molecule has 9 nitrogen and oxygen atoms in total. The summed E-state index contributed by atoms with van der Waals surface area (Å²) in [6.07, 6.45) is 13.3. The van der Waals surface area contributed by atoms with E-state index in [1.165, 1.54) is 60.1 Å². The lowest BCUT2D eigenvalue weighted by Crippen LogP contribution is -2.49. The summed E-state index contributed by atoms with van der Waals surface area (Å²) >= 11 is 1.75. The van der Waals surface area contributed by atoms with Gasteiger partial charge in [0.1, 0.15) is 5.82 Å². The number of benzene rings is 1. The molecule has 1 aromatic heterocycles. The van der Waals surface area contributed by atoms with E-state index in [2.05, 4.69) is 59.5 Å². The highest BCUT2D eigenvalue weighted by Gasteiger charge is 2.31. The number of piperazine rings is 1. The molecule has 0 atom stereocenters. The van der Waals surface area contributed by atoms with Crippen molar-refractivity contribution in [3.8, 4) is 12.1 Å². The molecule has 11 heteroatoms. The molecule has 1 aliphatic carbocycles. The van der Waals surface area contributed by atoms with Crippen LogP contribution in [0.2, 0.25) is 0 Å². The number of thioether (sulfide) groups is 1. The number of likely N-dealkylation sites (tertiary alicyclic amines) is 1. The number of hydrogen-bond donors (Lipinski definition) is 0. The summed E-state index contributed by atoms with van der Waals surface area (Å²) in [6, 6.07) is 8.77. The summed E-state index contributed by atoms with van der Waals surface area (Å²) in [5.41, 5.74) is 7.64. The maximum absolute atomic E-state index is 13.3. The third kappa shape index (κ3) is 10.2. The number of amides is 1. The van der Waals surface area contributed by atoms with Gasteiger partial charge in [0.05, 0.1) is 25.4 Å². The third-order valence-electron chi connectivity index (χ3n) is 8.60. The molecule has 0 unspecified atom stereocenters. The van der Waals surface area contributed by atoms with E-state index in [1.54, 1.807) is 24.9 Å². The Kier molecular flexibility index (Phi) is 15.5. The predicted molar refractivity (Wildman–Crippen MR) is 191 cm³/mol. The van der Waals surface area contributed by atoms with Gasteiger partial charge in [-0.15, -0.1) is 0 Å². The van der Waals surface area contributed by atoms with E-state index in [1.807, 2.05) is 12.5 Å². The van der Waals surface area contributed by atoms with Crippen LogP contribution in [0.1, 0.15) is 61.1 Å². The van der Waals surface area contributed by atoms with Crippen molar-refractivity contribution in [3.05, 3.63) is 64.6 Å². The van der Waals surface area contributed by atoms with Crippen LogP contribution in [-0.4, -0.2) is 103 Å². The molecule has 4 heterocycles. The molecule has 47 heavy (non-hydrogen) atoms. The summed E-state index contributed by atoms with van der Waals surface area (Å²) < 4.78 is 18.8. The van der Waals surface area contributed by atoms with Crippen molar-refractivity contribution in [1.82, 2.24) is 24.7 Å².